The molecule has 0 spiro atoms. The van der Waals surface area contributed by atoms with Crippen LogP contribution in [0.1, 0.15) is 30.9 Å². The van der Waals surface area contributed by atoms with Gasteiger partial charge >= 0.3 is 5.97 Å². The van der Waals surface area contributed by atoms with Crippen molar-refractivity contribution in [1.29, 1.82) is 0 Å². The molecule has 148 valence electrons. The van der Waals surface area contributed by atoms with Crippen LogP contribution in [0.5, 0.6) is 0 Å². The predicted octanol–water partition coefficient (Wildman–Crippen LogP) is 3.10. The number of carbonyl (C=O) groups excluding carboxylic acids is 2. The van der Waals surface area contributed by atoms with Crippen LogP contribution in [0.15, 0.2) is 53.3 Å². The lowest BCUT2D eigenvalue weighted by Crippen LogP contribution is -2.26. The largest absolute Gasteiger partial charge is 0.452 e. The Morgan fingerprint density at radius 2 is 2.07 bits per heavy atom. The molecule has 0 saturated carbocycles. The first-order valence-corrected chi connectivity index (χ1v) is 9.33. The highest BCUT2D eigenvalue weighted by Gasteiger charge is 2.37. The summed E-state index contributed by atoms with van der Waals surface area (Å²) in [4.78, 5) is 34.8. The van der Waals surface area contributed by atoms with Crippen LogP contribution in [0.3, 0.4) is 0 Å². The van der Waals surface area contributed by atoms with Gasteiger partial charge in [-0.25, -0.2) is 0 Å². The molecule has 0 unspecified atom stereocenters. The van der Waals surface area contributed by atoms with Crippen molar-refractivity contribution >= 4 is 17.6 Å². The van der Waals surface area contributed by atoms with Crippen molar-refractivity contribution in [1.82, 2.24) is 15.1 Å². The molecule has 0 radical (unpaired) electrons. The third-order valence-electron chi connectivity index (χ3n) is 4.81. The number of benzene rings is 1. The average Bonchev–Trinajstić information content (AvgIpc) is 3.37. The first-order chi connectivity index (χ1) is 14.0. The number of amides is 1. The van der Waals surface area contributed by atoms with E-state index in [0.29, 0.717) is 11.4 Å². The fourth-order valence-electron chi connectivity index (χ4n) is 3.17. The number of anilines is 1. The zero-order chi connectivity index (χ0) is 20.4. The Hall–Kier alpha value is -3.55. The molecule has 1 fully saturated rings. The molecule has 4 rings (SSSR count). The van der Waals surface area contributed by atoms with Gasteiger partial charge in [0.2, 0.25) is 11.7 Å². The molecule has 1 aliphatic heterocycles. The minimum absolute atomic E-state index is 0.0971. The summed E-state index contributed by atoms with van der Waals surface area (Å²) in [5, 5.41) is 3.90. The molecule has 1 saturated heterocycles. The van der Waals surface area contributed by atoms with Crippen LogP contribution < -0.4 is 4.90 Å². The minimum Gasteiger partial charge on any atom is -0.452 e. The first kappa shape index (κ1) is 18.8. The van der Waals surface area contributed by atoms with Crippen molar-refractivity contribution in [3.8, 4) is 11.4 Å². The summed E-state index contributed by atoms with van der Waals surface area (Å²) < 4.78 is 10.7. The lowest BCUT2D eigenvalue weighted by Gasteiger charge is -2.17. The number of pyridine rings is 1. The molecule has 1 aromatic carbocycles. The number of esters is 1. The Morgan fingerprint density at radius 1 is 1.28 bits per heavy atom. The molecule has 3 aromatic rings. The van der Waals surface area contributed by atoms with Gasteiger partial charge in [-0.3, -0.25) is 14.6 Å². The zero-order valence-corrected chi connectivity index (χ0v) is 16.1. The smallest absolute Gasteiger partial charge is 0.312 e. The van der Waals surface area contributed by atoms with Crippen molar-refractivity contribution in [2.45, 2.75) is 26.4 Å². The molecular weight excluding hydrogens is 372 g/mol. The molecule has 8 heteroatoms. The number of aryl methyl sites for hydroxylation is 1. The van der Waals surface area contributed by atoms with Crippen molar-refractivity contribution in [3.63, 3.8) is 0 Å². The maximum Gasteiger partial charge on any atom is 0.312 e. The fourth-order valence-corrected chi connectivity index (χ4v) is 3.17. The monoisotopic (exact) mass is 392 g/mol. The van der Waals surface area contributed by atoms with Gasteiger partial charge < -0.3 is 14.2 Å². The Morgan fingerprint density at radius 3 is 2.79 bits per heavy atom. The van der Waals surface area contributed by atoms with E-state index in [0.717, 1.165) is 11.3 Å². The highest BCUT2D eigenvalue weighted by atomic mass is 16.6. The summed E-state index contributed by atoms with van der Waals surface area (Å²) in [7, 11) is 0. The molecule has 0 N–H and O–H groups in total. The maximum absolute atomic E-state index is 12.6. The molecule has 2 aromatic heterocycles. The van der Waals surface area contributed by atoms with Crippen molar-refractivity contribution < 1.29 is 18.8 Å². The predicted molar refractivity (Wildman–Crippen MR) is 104 cm³/mol. The van der Waals surface area contributed by atoms with Gasteiger partial charge in [0, 0.05) is 36.6 Å². The third kappa shape index (κ3) is 4.01. The third-order valence-corrected chi connectivity index (χ3v) is 4.81. The van der Waals surface area contributed by atoms with E-state index in [9.17, 15) is 9.59 Å². The molecule has 8 nitrogen and oxygen atoms in total. The summed E-state index contributed by atoms with van der Waals surface area (Å²) in [6, 6.07) is 11.2. The van der Waals surface area contributed by atoms with Crippen LogP contribution in [-0.2, 0) is 14.3 Å². The summed E-state index contributed by atoms with van der Waals surface area (Å²) in [5.74, 6) is -0.525. The van der Waals surface area contributed by atoms with E-state index in [1.165, 1.54) is 0 Å². The average molecular weight is 392 g/mol. The van der Waals surface area contributed by atoms with Gasteiger partial charge in [-0.15, -0.1) is 0 Å². The van der Waals surface area contributed by atoms with Gasteiger partial charge in [-0.2, -0.15) is 4.98 Å². The molecule has 1 aliphatic rings. The first-order valence-electron chi connectivity index (χ1n) is 9.33. The molecule has 0 bridgehead atoms. The summed E-state index contributed by atoms with van der Waals surface area (Å²) in [5.41, 5.74) is 2.59. The summed E-state index contributed by atoms with van der Waals surface area (Å²) in [6.45, 7) is 3.93. The summed E-state index contributed by atoms with van der Waals surface area (Å²) >= 11 is 0. The molecule has 29 heavy (non-hydrogen) atoms. The second-order valence-corrected chi connectivity index (χ2v) is 7.02. The van der Waals surface area contributed by atoms with Crippen molar-refractivity contribution in [3.05, 3.63) is 60.2 Å². The number of aromatic nitrogens is 3. The van der Waals surface area contributed by atoms with Crippen molar-refractivity contribution in [2.24, 2.45) is 5.92 Å². The van der Waals surface area contributed by atoms with E-state index in [1.807, 2.05) is 37.3 Å². The van der Waals surface area contributed by atoms with Crippen LogP contribution in [0.2, 0.25) is 0 Å². The van der Waals surface area contributed by atoms with Gasteiger partial charge in [-0.1, -0.05) is 22.9 Å². The van der Waals surface area contributed by atoms with E-state index < -0.39 is 18.0 Å². The zero-order valence-electron chi connectivity index (χ0n) is 16.1. The number of rotatable bonds is 5. The number of hydrogen-bond acceptors (Lipinski definition) is 7. The Labute approximate surface area is 167 Å². The van der Waals surface area contributed by atoms with Crippen LogP contribution in [0.4, 0.5) is 5.69 Å². The van der Waals surface area contributed by atoms with Gasteiger partial charge in [0.05, 0.1) is 5.92 Å². The number of ether oxygens (including phenoxy) is 1. The molecule has 3 heterocycles. The second-order valence-electron chi connectivity index (χ2n) is 7.02. The van der Waals surface area contributed by atoms with E-state index >= 15 is 0 Å². The normalized spacial score (nSPS) is 17.4. The van der Waals surface area contributed by atoms with Gasteiger partial charge in [0.25, 0.3) is 5.89 Å². The topological polar surface area (TPSA) is 98.4 Å². The summed E-state index contributed by atoms with van der Waals surface area (Å²) in [6.07, 6.45) is 2.67. The highest BCUT2D eigenvalue weighted by Crippen LogP contribution is 2.28. The lowest BCUT2D eigenvalue weighted by molar-refractivity contribution is -0.154. The maximum atomic E-state index is 12.6. The Kier molecular flexibility index (Phi) is 5.07. The van der Waals surface area contributed by atoms with Crippen LogP contribution >= 0.6 is 0 Å². The molecular formula is C21H20N4O4. The van der Waals surface area contributed by atoms with Gasteiger partial charge in [-0.05, 0) is 38.1 Å². The molecule has 2 atom stereocenters. The SMILES string of the molecule is Cc1ccc(N2C[C@@H](C(=O)O[C@@H](C)c3nc(-c4cccnc4)no3)CC2=O)cc1. The fraction of sp³-hybridized carbons (Fsp3) is 0.286. The van der Waals surface area contributed by atoms with E-state index in [4.69, 9.17) is 9.26 Å². The van der Waals surface area contributed by atoms with Crippen LogP contribution in [-0.4, -0.2) is 33.5 Å². The Balaban J connectivity index is 1.40. The number of carbonyl (C=O) groups is 2. The van der Waals surface area contributed by atoms with Crippen molar-refractivity contribution in [2.75, 3.05) is 11.4 Å². The van der Waals surface area contributed by atoms with Gasteiger partial charge in [0.15, 0.2) is 6.10 Å². The molecule has 0 aliphatic carbocycles. The number of hydrogen-bond donors (Lipinski definition) is 0. The molecule has 1 amide bonds. The van der Waals surface area contributed by atoms with Crippen LogP contribution in [0.25, 0.3) is 11.4 Å². The van der Waals surface area contributed by atoms with Gasteiger partial charge in [0.1, 0.15) is 0 Å². The van der Waals surface area contributed by atoms with E-state index in [2.05, 4.69) is 15.1 Å². The minimum atomic E-state index is -0.719. The van der Waals surface area contributed by atoms with E-state index in [-0.39, 0.29) is 24.8 Å². The Bertz CT molecular complexity index is 1020. The number of nitrogens with zero attached hydrogens (tertiary/aromatic N) is 4. The lowest BCUT2D eigenvalue weighted by atomic mass is 10.1. The van der Waals surface area contributed by atoms with E-state index in [1.54, 1.807) is 30.3 Å². The van der Waals surface area contributed by atoms with Crippen LogP contribution in [0, 0.1) is 12.8 Å². The standard InChI is InChI=1S/C21H20N4O4/c1-13-5-7-17(8-6-13)25-12-16(10-18(25)26)21(27)28-14(2)20-23-19(24-29-20)15-4-3-9-22-11-15/h3-9,11,14,16H,10,12H2,1-2H3/t14-,16-/m0/s1. The second kappa shape index (κ2) is 7.83. The highest BCUT2D eigenvalue weighted by molar-refractivity contribution is 5.99. The quantitative estimate of drug-likeness (QED) is 0.615.